The van der Waals surface area contributed by atoms with Crippen LogP contribution in [0, 0.1) is 0 Å². The summed E-state index contributed by atoms with van der Waals surface area (Å²) >= 11 is 0. The number of methoxy groups -OCH3 is 1. The van der Waals surface area contributed by atoms with Gasteiger partial charge < -0.3 is 20.0 Å². The predicted molar refractivity (Wildman–Crippen MR) is 52.5 cm³/mol. The fraction of sp³-hybridized carbons (Fsp3) is 0.556. The highest BCUT2D eigenvalue weighted by Crippen LogP contribution is 2.16. The van der Waals surface area contributed by atoms with Crippen LogP contribution in [0.15, 0.2) is 17.0 Å². The van der Waals surface area contributed by atoms with E-state index in [-0.39, 0.29) is 11.9 Å². The van der Waals surface area contributed by atoms with Crippen molar-refractivity contribution in [1.29, 1.82) is 0 Å². The number of hydrogen-bond acceptors (Lipinski definition) is 5. The molecule has 0 saturated heterocycles. The second-order valence-electron chi connectivity index (χ2n) is 3.14. The fourth-order valence-corrected chi connectivity index (χ4v) is 1.35. The Hall–Kier alpha value is -1.56. The number of ether oxygens (including phenoxy) is 2. The van der Waals surface area contributed by atoms with E-state index in [0.29, 0.717) is 12.2 Å². The minimum Gasteiger partial charge on any atom is -0.463 e. The molecule has 1 aliphatic rings. The minimum atomic E-state index is -0.445. The van der Waals surface area contributed by atoms with Gasteiger partial charge in [0.25, 0.3) is 0 Å². The van der Waals surface area contributed by atoms with Crippen molar-refractivity contribution in [3.05, 3.63) is 11.8 Å². The van der Waals surface area contributed by atoms with Crippen molar-refractivity contribution in [1.82, 2.24) is 5.32 Å². The second kappa shape index (κ2) is 5.35. The van der Waals surface area contributed by atoms with Crippen molar-refractivity contribution in [3.63, 3.8) is 0 Å². The number of nitrogens with zero attached hydrogens (tertiary/aromatic N) is 1. The summed E-state index contributed by atoms with van der Waals surface area (Å²) in [5, 5.41) is 13.9. The van der Waals surface area contributed by atoms with Crippen LogP contribution in [0.25, 0.3) is 0 Å². The summed E-state index contributed by atoms with van der Waals surface area (Å²) in [6, 6.07) is -0.172. The number of rotatable bonds is 3. The zero-order valence-corrected chi connectivity index (χ0v) is 8.64. The molecule has 1 amide bonds. The summed E-state index contributed by atoms with van der Waals surface area (Å²) in [5.74, 6) is 0.239. The maximum Gasteiger partial charge on any atom is 0.217 e. The van der Waals surface area contributed by atoms with Crippen LogP contribution >= 0.6 is 0 Å². The molecule has 0 radical (unpaired) electrons. The number of allylic oxidation sites excluding steroid dienone is 1. The van der Waals surface area contributed by atoms with E-state index in [9.17, 15) is 4.79 Å². The van der Waals surface area contributed by atoms with Crippen molar-refractivity contribution in [3.8, 4) is 0 Å². The molecular formula is C9H14N2O4. The normalized spacial score (nSPS) is 25.9. The van der Waals surface area contributed by atoms with Crippen LogP contribution in [0.5, 0.6) is 0 Å². The Morgan fingerprint density at radius 1 is 1.87 bits per heavy atom. The molecule has 0 unspecified atom stereocenters. The Labute approximate surface area is 87.5 Å². The smallest absolute Gasteiger partial charge is 0.217 e. The minimum absolute atomic E-state index is 0.131. The van der Waals surface area contributed by atoms with Crippen LogP contribution < -0.4 is 5.32 Å². The van der Waals surface area contributed by atoms with Gasteiger partial charge in [-0.1, -0.05) is 5.16 Å². The number of carbonyl (C=O) groups excluding carboxylic acids is 1. The van der Waals surface area contributed by atoms with Gasteiger partial charge in [0.1, 0.15) is 12.0 Å². The first-order chi connectivity index (χ1) is 7.15. The topological polar surface area (TPSA) is 80.2 Å². The third-order valence-electron chi connectivity index (χ3n) is 1.92. The highest BCUT2D eigenvalue weighted by Gasteiger charge is 2.23. The summed E-state index contributed by atoms with van der Waals surface area (Å²) in [6.45, 7) is 1.44. The van der Waals surface area contributed by atoms with E-state index < -0.39 is 6.29 Å². The van der Waals surface area contributed by atoms with Gasteiger partial charge in [0.05, 0.1) is 6.04 Å². The summed E-state index contributed by atoms with van der Waals surface area (Å²) in [6.07, 6.45) is 2.90. The van der Waals surface area contributed by atoms with Gasteiger partial charge in [-0.05, 0) is 6.08 Å². The number of oxime groups is 1. The molecule has 6 heteroatoms. The van der Waals surface area contributed by atoms with E-state index in [0.717, 1.165) is 6.21 Å². The Kier molecular flexibility index (Phi) is 4.11. The molecule has 1 rings (SSSR count). The van der Waals surface area contributed by atoms with Crippen LogP contribution in [-0.4, -0.2) is 36.8 Å². The third kappa shape index (κ3) is 3.59. The van der Waals surface area contributed by atoms with Gasteiger partial charge in [-0.2, -0.15) is 0 Å². The number of hydrogen-bond donors (Lipinski definition) is 2. The van der Waals surface area contributed by atoms with Gasteiger partial charge >= 0.3 is 0 Å². The van der Waals surface area contributed by atoms with Gasteiger partial charge in [-0.3, -0.25) is 4.79 Å². The molecule has 0 aliphatic carbocycles. The lowest BCUT2D eigenvalue weighted by atomic mass is 10.1. The van der Waals surface area contributed by atoms with Crippen molar-refractivity contribution in [2.45, 2.75) is 25.7 Å². The average molecular weight is 214 g/mol. The van der Waals surface area contributed by atoms with Gasteiger partial charge in [-0.25, -0.2) is 0 Å². The summed E-state index contributed by atoms with van der Waals surface area (Å²) in [4.78, 5) is 10.9. The first-order valence-electron chi connectivity index (χ1n) is 4.51. The first-order valence-corrected chi connectivity index (χ1v) is 4.51. The van der Waals surface area contributed by atoms with E-state index in [4.69, 9.17) is 14.7 Å². The highest BCUT2D eigenvalue weighted by molar-refractivity contribution is 5.77. The lowest BCUT2D eigenvalue weighted by molar-refractivity contribution is -0.122. The molecule has 0 aromatic rings. The molecule has 0 saturated carbocycles. The fourth-order valence-electron chi connectivity index (χ4n) is 1.35. The monoisotopic (exact) mass is 214 g/mol. The molecule has 6 nitrogen and oxygen atoms in total. The van der Waals surface area contributed by atoms with Crippen molar-refractivity contribution in [2.75, 3.05) is 7.11 Å². The molecular weight excluding hydrogens is 200 g/mol. The van der Waals surface area contributed by atoms with Gasteiger partial charge in [-0.15, -0.1) is 0 Å². The quantitative estimate of drug-likeness (QED) is 0.400. The highest BCUT2D eigenvalue weighted by atomic mass is 16.7. The standard InChI is InChI=1S/C9H14N2O4/c1-6(12)11-7-3-8(5-10-13)15-9(4-7)14-2/h3,5,7,9,13H,4H2,1-2H3,(H,11,12)/b10-5+/t7-,9-/m1/s1. The van der Waals surface area contributed by atoms with Crippen LogP contribution in [-0.2, 0) is 14.3 Å². The Balaban J connectivity index is 2.70. The lowest BCUT2D eigenvalue weighted by Crippen LogP contribution is -2.38. The molecule has 0 fully saturated rings. The van der Waals surface area contributed by atoms with E-state index in [1.54, 1.807) is 6.08 Å². The van der Waals surface area contributed by atoms with E-state index >= 15 is 0 Å². The van der Waals surface area contributed by atoms with Crippen LogP contribution in [0.4, 0.5) is 0 Å². The van der Waals surface area contributed by atoms with Crippen LogP contribution in [0.2, 0.25) is 0 Å². The van der Waals surface area contributed by atoms with Crippen molar-refractivity contribution >= 4 is 12.1 Å². The molecule has 0 spiro atoms. The predicted octanol–water partition coefficient (Wildman–Crippen LogP) is 0.228. The summed E-state index contributed by atoms with van der Waals surface area (Å²) in [5.41, 5.74) is 0. The van der Waals surface area contributed by atoms with E-state index in [1.807, 2.05) is 0 Å². The molecule has 2 N–H and O–H groups in total. The molecule has 1 aliphatic heterocycles. The van der Waals surface area contributed by atoms with E-state index in [1.165, 1.54) is 14.0 Å². The number of nitrogens with one attached hydrogen (secondary N) is 1. The molecule has 0 bridgehead atoms. The average Bonchev–Trinajstić information content (AvgIpc) is 2.16. The number of carbonyl (C=O) groups is 1. The summed E-state index contributed by atoms with van der Waals surface area (Å²) < 4.78 is 10.3. The molecule has 0 aromatic carbocycles. The first kappa shape index (κ1) is 11.5. The molecule has 15 heavy (non-hydrogen) atoms. The zero-order chi connectivity index (χ0) is 11.3. The molecule has 1 heterocycles. The zero-order valence-electron chi connectivity index (χ0n) is 8.64. The maximum atomic E-state index is 10.9. The number of amides is 1. The third-order valence-corrected chi connectivity index (χ3v) is 1.92. The SMILES string of the molecule is CO[C@H]1C[C@H](NC(C)=O)C=C(/C=N/O)O1. The maximum absolute atomic E-state index is 10.9. The van der Waals surface area contributed by atoms with Gasteiger partial charge in [0, 0.05) is 20.5 Å². The van der Waals surface area contributed by atoms with Gasteiger partial charge in [0.2, 0.25) is 12.2 Å². The largest absolute Gasteiger partial charge is 0.463 e. The molecule has 84 valence electrons. The van der Waals surface area contributed by atoms with Crippen molar-refractivity contribution in [2.24, 2.45) is 5.16 Å². The van der Waals surface area contributed by atoms with Crippen LogP contribution in [0.3, 0.4) is 0 Å². The molecule has 0 aromatic heterocycles. The Bertz CT molecular complexity index is 288. The Morgan fingerprint density at radius 3 is 3.13 bits per heavy atom. The summed E-state index contributed by atoms with van der Waals surface area (Å²) in [7, 11) is 1.51. The lowest BCUT2D eigenvalue weighted by Gasteiger charge is -2.27. The van der Waals surface area contributed by atoms with Crippen molar-refractivity contribution < 1.29 is 19.5 Å². The van der Waals surface area contributed by atoms with Crippen LogP contribution in [0.1, 0.15) is 13.3 Å². The van der Waals surface area contributed by atoms with Gasteiger partial charge in [0.15, 0.2) is 0 Å². The second-order valence-corrected chi connectivity index (χ2v) is 3.14. The van der Waals surface area contributed by atoms with E-state index in [2.05, 4.69) is 10.5 Å². The Morgan fingerprint density at radius 2 is 2.60 bits per heavy atom. The molecule has 2 atom stereocenters.